The van der Waals surface area contributed by atoms with Gasteiger partial charge in [-0.15, -0.1) is 0 Å². The smallest absolute Gasteiger partial charge is 0.234 e. The standard InChI is InChI=1S/C12H26N2O2/c1-6-12(16,7-2)9-13-10(15)8-14-11(3,4)5/h14,16H,6-9H2,1-5H3,(H,13,15). The fraction of sp³-hybridized carbons (Fsp3) is 0.917. The van der Waals surface area contributed by atoms with Crippen molar-refractivity contribution in [2.75, 3.05) is 13.1 Å². The lowest BCUT2D eigenvalue weighted by Crippen LogP contribution is -2.47. The van der Waals surface area contributed by atoms with Gasteiger partial charge in [-0.05, 0) is 33.6 Å². The minimum atomic E-state index is -0.766. The Labute approximate surface area is 98.8 Å². The van der Waals surface area contributed by atoms with Crippen molar-refractivity contribution < 1.29 is 9.90 Å². The van der Waals surface area contributed by atoms with Crippen molar-refractivity contribution in [3.05, 3.63) is 0 Å². The Bertz CT molecular complexity index is 218. The van der Waals surface area contributed by atoms with Crippen molar-refractivity contribution in [3.8, 4) is 0 Å². The SMILES string of the molecule is CCC(O)(CC)CNC(=O)CNC(C)(C)C. The molecule has 0 aromatic rings. The van der Waals surface area contributed by atoms with Gasteiger partial charge in [0, 0.05) is 12.1 Å². The van der Waals surface area contributed by atoms with Crippen LogP contribution in [0.15, 0.2) is 0 Å². The molecule has 0 aromatic carbocycles. The van der Waals surface area contributed by atoms with Crippen LogP contribution in [0.2, 0.25) is 0 Å². The average molecular weight is 230 g/mol. The highest BCUT2D eigenvalue weighted by molar-refractivity contribution is 5.78. The number of hydrogen-bond acceptors (Lipinski definition) is 3. The van der Waals surface area contributed by atoms with Gasteiger partial charge in [0.05, 0.1) is 12.1 Å². The Morgan fingerprint density at radius 3 is 2.06 bits per heavy atom. The van der Waals surface area contributed by atoms with Crippen molar-refractivity contribution in [1.82, 2.24) is 10.6 Å². The predicted molar refractivity (Wildman–Crippen MR) is 66.3 cm³/mol. The maximum absolute atomic E-state index is 11.5. The minimum absolute atomic E-state index is 0.0663. The third-order valence-electron chi connectivity index (χ3n) is 2.71. The molecule has 0 heterocycles. The fourth-order valence-electron chi connectivity index (χ4n) is 1.17. The van der Waals surface area contributed by atoms with E-state index in [0.29, 0.717) is 19.4 Å². The molecule has 0 aliphatic carbocycles. The van der Waals surface area contributed by atoms with E-state index < -0.39 is 5.60 Å². The monoisotopic (exact) mass is 230 g/mol. The third kappa shape index (κ3) is 6.80. The van der Waals surface area contributed by atoms with Crippen LogP contribution in [0.25, 0.3) is 0 Å². The van der Waals surface area contributed by atoms with Gasteiger partial charge in [0.2, 0.25) is 5.91 Å². The van der Waals surface area contributed by atoms with Gasteiger partial charge in [-0.25, -0.2) is 0 Å². The van der Waals surface area contributed by atoms with Crippen molar-refractivity contribution in [2.24, 2.45) is 0 Å². The van der Waals surface area contributed by atoms with Gasteiger partial charge >= 0.3 is 0 Å². The zero-order chi connectivity index (χ0) is 12.8. The molecule has 0 saturated carbocycles. The lowest BCUT2D eigenvalue weighted by atomic mass is 9.98. The predicted octanol–water partition coefficient (Wildman–Crippen LogP) is 1.04. The maximum atomic E-state index is 11.5. The molecule has 96 valence electrons. The van der Waals surface area contributed by atoms with Crippen LogP contribution in [0.5, 0.6) is 0 Å². The second-order valence-electron chi connectivity index (χ2n) is 5.31. The summed E-state index contributed by atoms with van der Waals surface area (Å²) in [6.45, 7) is 10.5. The molecule has 3 N–H and O–H groups in total. The lowest BCUT2D eigenvalue weighted by molar-refractivity contribution is -0.121. The summed E-state index contributed by atoms with van der Waals surface area (Å²) in [5, 5.41) is 15.8. The molecule has 4 nitrogen and oxygen atoms in total. The maximum Gasteiger partial charge on any atom is 0.234 e. The first-order chi connectivity index (χ1) is 7.22. The van der Waals surface area contributed by atoms with E-state index >= 15 is 0 Å². The molecule has 0 aliphatic heterocycles. The second-order valence-corrected chi connectivity index (χ2v) is 5.31. The van der Waals surface area contributed by atoms with E-state index in [0.717, 1.165) is 0 Å². The van der Waals surface area contributed by atoms with Gasteiger partial charge in [0.25, 0.3) is 0 Å². The Hall–Kier alpha value is -0.610. The number of rotatable bonds is 6. The van der Waals surface area contributed by atoms with Crippen LogP contribution >= 0.6 is 0 Å². The van der Waals surface area contributed by atoms with E-state index in [9.17, 15) is 9.90 Å². The van der Waals surface area contributed by atoms with E-state index in [-0.39, 0.29) is 18.0 Å². The number of aliphatic hydroxyl groups is 1. The van der Waals surface area contributed by atoms with Crippen LogP contribution in [0.1, 0.15) is 47.5 Å². The van der Waals surface area contributed by atoms with Gasteiger partial charge in [0.15, 0.2) is 0 Å². The Balaban J connectivity index is 3.90. The lowest BCUT2D eigenvalue weighted by Gasteiger charge is -2.26. The highest BCUT2D eigenvalue weighted by atomic mass is 16.3. The molecule has 0 atom stereocenters. The Morgan fingerprint density at radius 2 is 1.69 bits per heavy atom. The highest BCUT2D eigenvalue weighted by Gasteiger charge is 2.22. The largest absolute Gasteiger partial charge is 0.388 e. The summed E-state index contributed by atoms with van der Waals surface area (Å²) < 4.78 is 0. The van der Waals surface area contributed by atoms with E-state index in [4.69, 9.17) is 0 Å². The quantitative estimate of drug-likeness (QED) is 0.639. The van der Waals surface area contributed by atoms with Crippen LogP contribution in [-0.2, 0) is 4.79 Å². The molecule has 0 rings (SSSR count). The number of carbonyl (C=O) groups is 1. The first-order valence-corrected chi connectivity index (χ1v) is 5.96. The molecule has 1 amide bonds. The topological polar surface area (TPSA) is 61.4 Å². The summed E-state index contributed by atoms with van der Waals surface area (Å²) in [4.78, 5) is 11.5. The molecular formula is C12H26N2O2. The fourth-order valence-corrected chi connectivity index (χ4v) is 1.17. The number of hydrogen-bond donors (Lipinski definition) is 3. The highest BCUT2D eigenvalue weighted by Crippen LogP contribution is 2.12. The average Bonchev–Trinajstić information content (AvgIpc) is 2.22. The van der Waals surface area contributed by atoms with Crippen molar-refractivity contribution in [2.45, 2.75) is 58.6 Å². The summed E-state index contributed by atoms with van der Waals surface area (Å²) in [5.74, 6) is -0.0738. The molecule has 0 saturated heterocycles. The zero-order valence-electron chi connectivity index (χ0n) is 11.2. The molecule has 0 radical (unpaired) electrons. The zero-order valence-corrected chi connectivity index (χ0v) is 11.2. The summed E-state index contributed by atoms with van der Waals surface area (Å²) in [5.41, 5.74) is -0.833. The first-order valence-electron chi connectivity index (χ1n) is 5.96. The summed E-state index contributed by atoms with van der Waals surface area (Å²) in [7, 11) is 0. The summed E-state index contributed by atoms with van der Waals surface area (Å²) in [6, 6.07) is 0. The van der Waals surface area contributed by atoms with Crippen LogP contribution in [0, 0.1) is 0 Å². The molecule has 0 aromatic heterocycles. The number of nitrogens with one attached hydrogen (secondary N) is 2. The van der Waals surface area contributed by atoms with Gasteiger partial charge in [-0.1, -0.05) is 13.8 Å². The van der Waals surface area contributed by atoms with Gasteiger partial charge < -0.3 is 15.7 Å². The van der Waals surface area contributed by atoms with E-state index in [1.807, 2.05) is 34.6 Å². The van der Waals surface area contributed by atoms with E-state index in [2.05, 4.69) is 10.6 Å². The third-order valence-corrected chi connectivity index (χ3v) is 2.71. The molecular weight excluding hydrogens is 204 g/mol. The van der Waals surface area contributed by atoms with Crippen molar-refractivity contribution in [3.63, 3.8) is 0 Å². The van der Waals surface area contributed by atoms with Crippen molar-refractivity contribution in [1.29, 1.82) is 0 Å². The van der Waals surface area contributed by atoms with Gasteiger partial charge in [0.1, 0.15) is 0 Å². The van der Waals surface area contributed by atoms with E-state index in [1.54, 1.807) is 0 Å². The van der Waals surface area contributed by atoms with Crippen LogP contribution in [-0.4, -0.2) is 35.2 Å². The molecule has 0 fully saturated rings. The summed E-state index contributed by atoms with van der Waals surface area (Å²) >= 11 is 0. The Kier molecular flexibility index (Phi) is 5.97. The van der Waals surface area contributed by atoms with Crippen LogP contribution in [0.3, 0.4) is 0 Å². The molecule has 0 bridgehead atoms. The molecule has 0 unspecified atom stereocenters. The molecule has 16 heavy (non-hydrogen) atoms. The van der Waals surface area contributed by atoms with Gasteiger partial charge in [-0.3, -0.25) is 4.79 Å². The van der Waals surface area contributed by atoms with Crippen LogP contribution in [0.4, 0.5) is 0 Å². The first kappa shape index (κ1) is 15.4. The minimum Gasteiger partial charge on any atom is -0.388 e. The number of carbonyl (C=O) groups excluding carboxylic acids is 1. The Morgan fingerprint density at radius 1 is 1.19 bits per heavy atom. The second kappa shape index (κ2) is 6.21. The number of amides is 1. The molecule has 0 spiro atoms. The molecule has 4 heteroatoms. The van der Waals surface area contributed by atoms with Gasteiger partial charge in [-0.2, -0.15) is 0 Å². The summed E-state index contributed by atoms with van der Waals surface area (Å²) in [6.07, 6.45) is 1.30. The van der Waals surface area contributed by atoms with Crippen molar-refractivity contribution >= 4 is 5.91 Å². The molecule has 0 aliphatic rings. The van der Waals surface area contributed by atoms with E-state index in [1.165, 1.54) is 0 Å². The van der Waals surface area contributed by atoms with Crippen LogP contribution < -0.4 is 10.6 Å². The normalized spacial score (nSPS) is 12.6.